The third-order valence-corrected chi connectivity index (χ3v) is 3.93. The summed E-state index contributed by atoms with van der Waals surface area (Å²) in [4.78, 5) is 15.2. The Morgan fingerprint density at radius 2 is 2.43 bits per heavy atom. The fraction of sp³-hybridized carbons (Fsp3) is 0.333. The maximum atomic E-state index is 10.7. The van der Waals surface area contributed by atoms with Gasteiger partial charge in [0.25, 0.3) is 0 Å². The summed E-state index contributed by atoms with van der Waals surface area (Å²) in [6, 6.07) is 0. The van der Waals surface area contributed by atoms with Crippen molar-refractivity contribution in [1.29, 1.82) is 0 Å². The Kier molecular flexibility index (Phi) is 3.71. The summed E-state index contributed by atoms with van der Waals surface area (Å²) in [5.41, 5.74) is 0.585. The minimum absolute atomic E-state index is 0.252. The predicted molar refractivity (Wildman–Crippen MR) is 59.3 cm³/mol. The number of carboxylic acid groups (broad SMARTS) is 1. The Balaban J connectivity index is 2.86. The molecule has 1 rings (SSSR count). The van der Waals surface area contributed by atoms with E-state index in [4.69, 9.17) is 5.11 Å². The number of nitrogens with zero attached hydrogens (tertiary/aromatic N) is 1. The lowest BCUT2D eigenvalue weighted by Gasteiger charge is -1.99. The van der Waals surface area contributed by atoms with Crippen LogP contribution in [0.4, 0.5) is 0 Å². The SMILES string of the molecule is C=CC(C)Sc1nc(C)c(C(=O)O)s1. The second-order valence-corrected chi connectivity index (χ2v) is 5.38. The molecule has 0 aliphatic rings. The Labute approximate surface area is 90.9 Å². The summed E-state index contributed by atoms with van der Waals surface area (Å²) in [6.45, 7) is 7.37. The van der Waals surface area contributed by atoms with E-state index >= 15 is 0 Å². The average Bonchev–Trinajstić information content (AvgIpc) is 2.46. The van der Waals surface area contributed by atoms with Crippen molar-refractivity contribution in [2.45, 2.75) is 23.4 Å². The molecule has 0 aliphatic heterocycles. The largest absolute Gasteiger partial charge is 0.477 e. The quantitative estimate of drug-likeness (QED) is 0.637. The Morgan fingerprint density at radius 1 is 1.79 bits per heavy atom. The van der Waals surface area contributed by atoms with Crippen molar-refractivity contribution in [2.24, 2.45) is 0 Å². The number of hydrogen-bond acceptors (Lipinski definition) is 4. The van der Waals surface area contributed by atoms with Gasteiger partial charge in [-0.15, -0.1) is 17.9 Å². The van der Waals surface area contributed by atoms with Crippen molar-refractivity contribution in [2.75, 3.05) is 0 Å². The second kappa shape index (κ2) is 4.61. The van der Waals surface area contributed by atoms with Gasteiger partial charge in [0.2, 0.25) is 0 Å². The molecule has 0 bridgehead atoms. The van der Waals surface area contributed by atoms with Crippen molar-refractivity contribution in [3.63, 3.8) is 0 Å². The Morgan fingerprint density at radius 3 is 2.86 bits per heavy atom. The highest BCUT2D eigenvalue weighted by molar-refractivity contribution is 8.01. The van der Waals surface area contributed by atoms with Crippen LogP contribution in [0.5, 0.6) is 0 Å². The van der Waals surface area contributed by atoms with Crippen molar-refractivity contribution in [1.82, 2.24) is 4.98 Å². The van der Waals surface area contributed by atoms with Gasteiger partial charge in [-0.1, -0.05) is 17.8 Å². The Hall–Kier alpha value is -0.810. The number of hydrogen-bond donors (Lipinski definition) is 1. The molecule has 3 nitrogen and oxygen atoms in total. The molecule has 14 heavy (non-hydrogen) atoms. The molecule has 1 atom stereocenters. The Bertz CT molecular complexity index is 360. The minimum atomic E-state index is -0.905. The maximum absolute atomic E-state index is 10.7. The number of rotatable bonds is 4. The maximum Gasteiger partial charge on any atom is 0.347 e. The highest BCUT2D eigenvalue weighted by Gasteiger charge is 2.14. The molecule has 0 spiro atoms. The number of aromatic carboxylic acids is 1. The highest BCUT2D eigenvalue weighted by atomic mass is 32.2. The van der Waals surface area contributed by atoms with Gasteiger partial charge < -0.3 is 5.11 Å². The number of aromatic nitrogens is 1. The summed E-state index contributed by atoms with van der Waals surface area (Å²) >= 11 is 2.74. The molecule has 0 amide bonds. The fourth-order valence-electron chi connectivity index (χ4n) is 0.828. The smallest absolute Gasteiger partial charge is 0.347 e. The summed E-state index contributed by atoms with van der Waals surface area (Å²) in [6.07, 6.45) is 1.81. The van der Waals surface area contributed by atoms with Crippen molar-refractivity contribution < 1.29 is 9.90 Å². The van der Waals surface area contributed by atoms with Crippen LogP contribution in [-0.4, -0.2) is 21.3 Å². The number of carboxylic acids is 1. The van der Waals surface area contributed by atoms with E-state index in [-0.39, 0.29) is 5.25 Å². The van der Waals surface area contributed by atoms with Crippen LogP contribution in [-0.2, 0) is 0 Å². The molecular weight excluding hydrogens is 218 g/mol. The number of carbonyl (C=O) groups is 1. The summed E-state index contributed by atoms with van der Waals surface area (Å²) < 4.78 is 0.785. The average molecular weight is 229 g/mol. The molecule has 5 heteroatoms. The lowest BCUT2D eigenvalue weighted by atomic mass is 10.4. The van der Waals surface area contributed by atoms with E-state index in [0.717, 1.165) is 4.34 Å². The van der Waals surface area contributed by atoms with Crippen LogP contribution in [0.25, 0.3) is 0 Å². The molecule has 0 saturated carbocycles. The van der Waals surface area contributed by atoms with E-state index in [1.165, 1.54) is 23.1 Å². The van der Waals surface area contributed by atoms with Gasteiger partial charge in [0.05, 0.1) is 5.69 Å². The van der Waals surface area contributed by atoms with Crippen molar-refractivity contribution >= 4 is 29.1 Å². The molecule has 0 saturated heterocycles. The van der Waals surface area contributed by atoms with Crippen LogP contribution in [0.2, 0.25) is 0 Å². The second-order valence-electron chi connectivity index (χ2n) is 2.76. The van der Waals surface area contributed by atoms with Crippen LogP contribution < -0.4 is 0 Å². The zero-order valence-corrected chi connectivity index (χ0v) is 9.61. The number of thioether (sulfide) groups is 1. The van der Waals surface area contributed by atoms with E-state index < -0.39 is 5.97 Å². The van der Waals surface area contributed by atoms with Gasteiger partial charge in [0, 0.05) is 5.25 Å². The van der Waals surface area contributed by atoms with Crippen LogP contribution >= 0.6 is 23.1 Å². The van der Waals surface area contributed by atoms with Crippen molar-refractivity contribution in [3.05, 3.63) is 23.2 Å². The van der Waals surface area contributed by atoms with E-state index in [0.29, 0.717) is 10.6 Å². The third kappa shape index (κ3) is 2.59. The zero-order chi connectivity index (χ0) is 10.7. The van der Waals surface area contributed by atoms with Gasteiger partial charge in [-0.3, -0.25) is 0 Å². The fourth-order valence-corrected chi connectivity index (χ4v) is 2.97. The first-order chi connectivity index (χ1) is 6.54. The van der Waals surface area contributed by atoms with E-state index in [1.807, 2.05) is 13.0 Å². The first-order valence-corrected chi connectivity index (χ1v) is 5.74. The zero-order valence-electron chi connectivity index (χ0n) is 7.98. The van der Waals surface area contributed by atoms with Crippen LogP contribution in [0.1, 0.15) is 22.3 Å². The van der Waals surface area contributed by atoms with Gasteiger partial charge >= 0.3 is 5.97 Å². The summed E-state index contributed by atoms with van der Waals surface area (Å²) in [5, 5.41) is 9.06. The van der Waals surface area contributed by atoms with Crippen LogP contribution in [0.15, 0.2) is 17.0 Å². The van der Waals surface area contributed by atoms with Gasteiger partial charge in [-0.25, -0.2) is 9.78 Å². The highest BCUT2D eigenvalue weighted by Crippen LogP contribution is 2.30. The molecule has 1 unspecified atom stereocenters. The summed E-state index contributed by atoms with van der Waals surface area (Å²) in [5.74, 6) is -0.905. The number of aryl methyl sites for hydroxylation is 1. The monoisotopic (exact) mass is 229 g/mol. The lowest BCUT2D eigenvalue weighted by Crippen LogP contribution is -1.94. The topological polar surface area (TPSA) is 50.2 Å². The molecular formula is C9H11NO2S2. The third-order valence-electron chi connectivity index (χ3n) is 1.59. The van der Waals surface area contributed by atoms with Crippen molar-refractivity contribution in [3.8, 4) is 0 Å². The van der Waals surface area contributed by atoms with Gasteiger partial charge in [0.1, 0.15) is 4.88 Å². The number of thiazole rings is 1. The predicted octanol–water partition coefficient (Wildman–Crippen LogP) is 2.82. The minimum Gasteiger partial charge on any atom is -0.477 e. The standard InChI is InChI=1S/C9H11NO2S2/c1-4-5(2)13-9-10-6(3)7(14-9)8(11)12/h4-5H,1H2,2-3H3,(H,11,12). The molecule has 0 fully saturated rings. The normalized spacial score (nSPS) is 12.4. The van der Waals surface area contributed by atoms with Crippen LogP contribution in [0, 0.1) is 6.92 Å². The van der Waals surface area contributed by atoms with Gasteiger partial charge in [-0.05, 0) is 13.8 Å². The van der Waals surface area contributed by atoms with E-state index in [1.54, 1.807) is 6.92 Å². The molecule has 1 N–H and O–H groups in total. The lowest BCUT2D eigenvalue weighted by molar-refractivity contribution is 0.0701. The molecule has 1 aromatic heterocycles. The molecule has 76 valence electrons. The van der Waals surface area contributed by atoms with Gasteiger partial charge in [0.15, 0.2) is 4.34 Å². The van der Waals surface area contributed by atoms with E-state index in [9.17, 15) is 4.79 Å². The van der Waals surface area contributed by atoms with Crippen LogP contribution in [0.3, 0.4) is 0 Å². The first-order valence-electron chi connectivity index (χ1n) is 4.04. The van der Waals surface area contributed by atoms with E-state index in [2.05, 4.69) is 11.6 Å². The molecule has 0 aliphatic carbocycles. The first kappa shape index (κ1) is 11.3. The summed E-state index contributed by atoms with van der Waals surface area (Å²) in [7, 11) is 0. The molecule has 1 heterocycles. The molecule has 0 aromatic carbocycles. The van der Waals surface area contributed by atoms with Gasteiger partial charge in [-0.2, -0.15) is 0 Å². The molecule has 1 aromatic rings. The molecule has 0 radical (unpaired) electrons.